The number of hydrogen-bond acceptors (Lipinski definition) is 6. The molecule has 1 aliphatic rings. The van der Waals surface area contributed by atoms with Crippen LogP contribution in [-0.4, -0.2) is 31.1 Å². The molecule has 2 heterocycles. The number of nitrogens with two attached hydrogens (primary N) is 1. The average molecular weight is 283 g/mol. The summed E-state index contributed by atoms with van der Waals surface area (Å²) in [6, 6.07) is 2.16. The number of aliphatic hydroxyl groups is 1. The normalized spacial score (nSPS) is 19.8. The molecule has 0 aliphatic carbocycles. The number of nitrogen functional groups attached to an aromatic ring is 1. The molecule has 1 aliphatic heterocycles. The first-order valence-electron chi connectivity index (χ1n) is 5.93. The van der Waals surface area contributed by atoms with Gasteiger partial charge in [-0.25, -0.2) is 0 Å². The first-order valence-corrected chi connectivity index (χ1v) is 7.97. The number of thiophene rings is 1. The lowest BCUT2D eigenvalue weighted by molar-refractivity contribution is 0.209. The fraction of sp³-hybridized carbons (Fsp3) is 0.583. The van der Waals surface area contributed by atoms with Crippen LogP contribution in [0.4, 0.5) is 10.7 Å². The maximum atomic E-state index is 9.28. The number of thioether (sulfide) groups is 1. The van der Waals surface area contributed by atoms with Crippen LogP contribution in [0.5, 0.6) is 0 Å². The smallest absolute Gasteiger partial charge is 0.131 e. The Morgan fingerprint density at radius 2 is 2.44 bits per heavy atom. The lowest BCUT2D eigenvalue weighted by Crippen LogP contribution is -2.36. The van der Waals surface area contributed by atoms with Crippen molar-refractivity contribution in [1.29, 1.82) is 5.26 Å². The summed E-state index contributed by atoms with van der Waals surface area (Å²) in [5.41, 5.74) is 6.60. The molecular formula is C12H17N3OS2. The molecule has 0 spiro atoms. The summed E-state index contributed by atoms with van der Waals surface area (Å²) in [4.78, 5) is 3.87. The molecule has 6 heteroatoms. The zero-order chi connectivity index (χ0) is 13.1. The van der Waals surface area contributed by atoms with E-state index < -0.39 is 0 Å². The summed E-state index contributed by atoms with van der Waals surface area (Å²) in [5.74, 6) is 0.335. The predicted octanol–water partition coefficient (Wildman–Crippen LogP) is 2.13. The van der Waals surface area contributed by atoms with Crippen molar-refractivity contribution in [1.82, 2.24) is 0 Å². The van der Waals surface area contributed by atoms with Crippen molar-refractivity contribution in [3.05, 3.63) is 4.88 Å². The van der Waals surface area contributed by atoms with Crippen LogP contribution in [0.3, 0.4) is 0 Å². The molecule has 0 aromatic carbocycles. The maximum absolute atomic E-state index is 9.28. The number of anilines is 2. The number of rotatable bonds is 3. The van der Waals surface area contributed by atoms with Gasteiger partial charge in [0.1, 0.15) is 15.9 Å². The molecule has 1 aromatic rings. The molecule has 4 nitrogen and oxygen atoms in total. The molecule has 1 atom stereocenters. The van der Waals surface area contributed by atoms with Crippen molar-refractivity contribution >= 4 is 33.8 Å². The van der Waals surface area contributed by atoms with Crippen LogP contribution in [0.1, 0.15) is 17.7 Å². The van der Waals surface area contributed by atoms with Crippen molar-refractivity contribution in [3.8, 4) is 6.07 Å². The first kappa shape index (κ1) is 13.5. The van der Waals surface area contributed by atoms with Crippen LogP contribution < -0.4 is 10.6 Å². The van der Waals surface area contributed by atoms with Gasteiger partial charge in [0.2, 0.25) is 0 Å². The number of aliphatic hydroxyl groups excluding tert-OH is 1. The molecule has 1 fully saturated rings. The Morgan fingerprint density at radius 3 is 3.06 bits per heavy atom. The van der Waals surface area contributed by atoms with E-state index in [1.54, 1.807) is 11.8 Å². The molecule has 18 heavy (non-hydrogen) atoms. The molecule has 98 valence electrons. The van der Waals surface area contributed by atoms with E-state index in [1.165, 1.54) is 11.3 Å². The second-order valence-electron chi connectivity index (χ2n) is 4.43. The van der Waals surface area contributed by atoms with E-state index in [0.717, 1.165) is 35.8 Å². The molecule has 2 rings (SSSR count). The van der Waals surface area contributed by atoms with Crippen molar-refractivity contribution in [3.63, 3.8) is 0 Å². The summed E-state index contributed by atoms with van der Waals surface area (Å²) < 4.78 is 0. The zero-order valence-electron chi connectivity index (χ0n) is 10.3. The number of piperidine rings is 1. The van der Waals surface area contributed by atoms with Gasteiger partial charge >= 0.3 is 0 Å². The van der Waals surface area contributed by atoms with Crippen LogP contribution >= 0.6 is 23.1 Å². The number of nitrogens with zero attached hydrogens (tertiary/aromatic N) is 2. The third-order valence-electron chi connectivity index (χ3n) is 3.25. The van der Waals surface area contributed by atoms with Gasteiger partial charge in [0.25, 0.3) is 0 Å². The number of hydrogen-bond donors (Lipinski definition) is 2. The van der Waals surface area contributed by atoms with E-state index in [-0.39, 0.29) is 6.61 Å². The molecule has 3 N–H and O–H groups in total. The third kappa shape index (κ3) is 2.44. The first-order chi connectivity index (χ1) is 8.71. The van der Waals surface area contributed by atoms with E-state index in [1.807, 2.05) is 6.26 Å². The Hall–Kier alpha value is -0.900. The highest BCUT2D eigenvalue weighted by atomic mass is 32.2. The highest BCUT2D eigenvalue weighted by Crippen LogP contribution is 2.44. The van der Waals surface area contributed by atoms with Crippen LogP contribution in [0.2, 0.25) is 0 Å². The van der Waals surface area contributed by atoms with Gasteiger partial charge < -0.3 is 15.7 Å². The monoisotopic (exact) mass is 283 g/mol. The fourth-order valence-corrected chi connectivity index (χ4v) is 4.32. The lowest BCUT2D eigenvalue weighted by atomic mass is 9.99. The van der Waals surface area contributed by atoms with E-state index in [9.17, 15) is 5.11 Å². The molecule has 0 amide bonds. The average Bonchev–Trinajstić information content (AvgIpc) is 2.75. The SMILES string of the molecule is CSc1c(N2CCCC(CO)C2)sc(C#N)c1N. The van der Waals surface area contributed by atoms with Crippen LogP contribution in [-0.2, 0) is 0 Å². The summed E-state index contributed by atoms with van der Waals surface area (Å²) in [6.45, 7) is 2.07. The summed E-state index contributed by atoms with van der Waals surface area (Å²) in [6.07, 6.45) is 4.14. The number of nitriles is 1. The highest BCUT2D eigenvalue weighted by Gasteiger charge is 2.25. The Kier molecular flexibility index (Phi) is 4.38. The molecule has 1 aromatic heterocycles. The van der Waals surface area contributed by atoms with Gasteiger partial charge in [0.05, 0.1) is 10.6 Å². The largest absolute Gasteiger partial charge is 0.396 e. The second kappa shape index (κ2) is 5.83. The van der Waals surface area contributed by atoms with Gasteiger partial charge in [-0.1, -0.05) is 0 Å². The minimum absolute atomic E-state index is 0.233. The van der Waals surface area contributed by atoms with Crippen molar-refractivity contribution in [2.24, 2.45) is 5.92 Å². The Labute approximate surface area is 115 Å². The van der Waals surface area contributed by atoms with Crippen molar-refractivity contribution in [2.45, 2.75) is 17.7 Å². The second-order valence-corrected chi connectivity index (χ2v) is 6.25. The van der Waals surface area contributed by atoms with Crippen molar-refractivity contribution < 1.29 is 5.11 Å². The summed E-state index contributed by atoms with van der Waals surface area (Å²) in [5, 5.41) is 19.4. The van der Waals surface area contributed by atoms with Gasteiger partial charge in [-0.15, -0.1) is 23.1 Å². The van der Waals surface area contributed by atoms with Gasteiger partial charge in [-0.2, -0.15) is 5.26 Å². The van der Waals surface area contributed by atoms with Crippen LogP contribution in [0.15, 0.2) is 4.90 Å². The molecule has 0 radical (unpaired) electrons. The Morgan fingerprint density at radius 1 is 1.67 bits per heavy atom. The topological polar surface area (TPSA) is 73.3 Å². The van der Waals surface area contributed by atoms with E-state index in [0.29, 0.717) is 16.5 Å². The summed E-state index contributed by atoms with van der Waals surface area (Å²) in [7, 11) is 0. The van der Waals surface area contributed by atoms with E-state index >= 15 is 0 Å². The van der Waals surface area contributed by atoms with Gasteiger partial charge in [0.15, 0.2) is 0 Å². The van der Waals surface area contributed by atoms with Gasteiger partial charge in [-0.05, 0) is 25.0 Å². The minimum atomic E-state index is 0.233. The predicted molar refractivity (Wildman–Crippen MR) is 77.3 cm³/mol. The Balaban J connectivity index is 2.30. The zero-order valence-corrected chi connectivity index (χ0v) is 12.0. The van der Waals surface area contributed by atoms with Crippen LogP contribution in [0.25, 0.3) is 0 Å². The molecule has 0 bridgehead atoms. The van der Waals surface area contributed by atoms with Crippen LogP contribution in [0, 0.1) is 17.2 Å². The summed E-state index contributed by atoms with van der Waals surface area (Å²) >= 11 is 3.06. The van der Waals surface area contributed by atoms with E-state index in [2.05, 4.69) is 11.0 Å². The molecule has 1 unspecified atom stereocenters. The molecule has 1 saturated heterocycles. The molecular weight excluding hydrogens is 266 g/mol. The fourth-order valence-electron chi connectivity index (χ4n) is 2.30. The maximum Gasteiger partial charge on any atom is 0.131 e. The molecule has 0 saturated carbocycles. The lowest BCUT2D eigenvalue weighted by Gasteiger charge is -2.33. The Bertz CT molecular complexity index is 467. The quantitative estimate of drug-likeness (QED) is 0.831. The highest BCUT2D eigenvalue weighted by molar-refractivity contribution is 7.99. The minimum Gasteiger partial charge on any atom is -0.396 e. The standard InChI is InChI=1S/C12H17N3OS2/c1-17-11-10(14)9(5-13)18-12(11)15-4-2-3-8(6-15)7-16/h8,16H,2-4,6-7,14H2,1H3. The van der Waals surface area contributed by atoms with E-state index in [4.69, 9.17) is 11.0 Å². The van der Waals surface area contributed by atoms with Crippen molar-refractivity contribution in [2.75, 3.05) is 36.6 Å². The third-order valence-corrected chi connectivity index (χ3v) is 5.37. The van der Waals surface area contributed by atoms with Gasteiger partial charge in [-0.3, -0.25) is 0 Å². The van der Waals surface area contributed by atoms with Gasteiger partial charge in [0, 0.05) is 19.7 Å².